The first-order valence-electron chi connectivity index (χ1n) is 4.96. The van der Waals surface area contributed by atoms with Crippen molar-refractivity contribution in [1.29, 1.82) is 0 Å². The first kappa shape index (κ1) is 12.7. The summed E-state index contributed by atoms with van der Waals surface area (Å²) in [6.45, 7) is 1.77. The number of nitro groups is 1. The van der Waals surface area contributed by atoms with Crippen LogP contribution in [0.4, 0.5) is 5.69 Å². The molecule has 1 heterocycles. The van der Waals surface area contributed by atoms with Gasteiger partial charge >= 0.3 is 0 Å². The molecule has 1 N–H and O–H groups in total. The van der Waals surface area contributed by atoms with Crippen LogP contribution in [0.3, 0.4) is 0 Å². The van der Waals surface area contributed by atoms with E-state index in [4.69, 9.17) is 12.2 Å². The second-order valence-corrected chi connectivity index (χ2v) is 5.43. The van der Waals surface area contributed by atoms with Gasteiger partial charge in [0.15, 0.2) is 0 Å². The SMILES string of the molecule is Cc1cc(C=C2SC(=S)NC2=O)cc([N+](=O)[O-])c1. The minimum Gasteiger partial charge on any atom is -0.307 e. The highest BCUT2D eigenvalue weighted by Gasteiger charge is 2.22. The molecule has 0 aliphatic carbocycles. The van der Waals surface area contributed by atoms with Crippen LogP contribution in [0.1, 0.15) is 11.1 Å². The number of nitrogens with zero attached hydrogens (tertiary/aromatic N) is 1. The number of benzene rings is 1. The van der Waals surface area contributed by atoms with Crippen molar-refractivity contribution in [2.45, 2.75) is 6.92 Å². The van der Waals surface area contributed by atoms with Gasteiger partial charge in [0.25, 0.3) is 11.6 Å². The Morgan fingerprint density at radius 3 is 2.72 bits per heavy atom. The van der Waals surface area contributed by atoms with Gasteiger partial charge in [-0.3, -0.25) is 14.9 Å². The highest BCUT2D eigenvalue weighted by Crippen LogP contribution is 2.27. The van der Waals surface area contributed by atoms with Crippen LogP contribution in [0.25, 0.3) is 6.08 Å². The second kappa shape index (κ2) is 4.87. The Bertz CT molecular complexity index is 596. The van der Waals surface area contributed by atoms with Gasteiger partial charge < -0.3 is 5.32 Å². The fraction of sp³-hybridized carbons (Fsp3) is 0.0909. The summed E-state index contributed by atoms with van der Waals surface area (Å²) in [5, 5.41) is 13.2. The fourth-order valence-corrected chi connectivity index (χ4v) is 2.60. The Balaban J connectivity index is 2.40. The van der Waals surface area contributed by atoms with Gasteiger partial charge in [-0.25, -0.2) is 0 Å². The third-order valence-corrected chi connectivity index (χ3v) is 3.40. The number of thioether (sulfide) groups is 1. The third kappa shape index (κ3) is 2.74. The van der Waals surface area contributed by atoms with Crippen LogP contribution in [0, 0.1) is 17.0 Å². The molecule has 0 aromatic heterocycles. The highest BCUT2D eigenvalue weighted by molar-refractivity contribution is 8.26. The van der Waals surface area contributed by atoms with E-state index < -0.39 is 4.92 Å². The van der Waals surface area contributed by atoms with Crippen molar-refractivity contribution in [3.8, 4) is 0 Å². The monoisotopic (exact) mass is 280 g/mol. The van der Waals surface area contributed by atoms with Crippen LogP contribution < -0.4 is 5.32 Å². The lowest BCUT2D eigenvalue weighted by molar-refractivity contribution is -0.384. The quantitative estimate of drug-likeness (QED) is 0.390. The summed E-state index contributed by atoms with van der Waals surface area (Å²) in [6, 6.07) is 4.68. The van der Waals surface area contributed by atoms with Crippen molar-refractivity contribution in [1.82, 2.24) is 5.32 Å². The number of thiocarbonyl (C=S) groups is 1. The maximum Gasteiger partial charge on any atom is 0.270 e. The molecule has 0 unspecified atom stereocenters. The van der Waals surface area contributed by atoms with Gasteiger partial charge in [0.2, 0.25) is 0 Å². The minimum atomic E-state index is -0.457. The van der Waals surface area contributed by atoms with Crippen LogP contribution in [0.15, 0.2) is 23.1 Å². The zero-order chi connectivity index (χ0) is 13.3. The number of carbonyl (C=O) groups excluding carboxylic acids is 1. The summed E-state index contributed by atoms with van der Waals surface area (Å²) in [5.74, 6) is -0.269. The number of rotatable bonds is 2. The Morgan fingerprint density at radius 2 is 2.17 bits per heavy atom. The van der Waals surface area contributed by atoms with Crippen molar-refractivity contribution in [2.24, 2.45) is 0 Å². The molecule has 0 spiro atoms. The standard InChI is InChI=1S/C11H8N2O3S2/c1-6-2-7(4-8(3-6)13(15)16)5-9-10(14)12-11(17)18-9/h2-5H,1H3,(H,12,14,17). The van der Waals surface area contributed by atoms with Gasteiger partial charge in [-0.15, -0.1) is 0 Å². The van der Waals surface area contributed by atoms with E-state index in [1.807, 2.05) is 0 Å². The summed E-state index contributed by atoms with van der Waals surface area (Å²) in [4.78, 5) is 22.2. The van der Waals surface area contributed by atoms with Crippen LogP contribution in [-0.4, -0.2) is 15.2 Å². The van der Waals surface area contributed by atoms with Crippen LogP contribution in [0.5, 0.6) is 0 Å². The molecule has 1 fully saturated rings. The molecular weight excluding hydrogens is 272 g/mol. The molecule has 18 heavy (non-hydrogen) atoms. The Hall–Kier alpha value is -1.73. The average Bonchev–Trinajstić information content (AvgIpc) is 2.56. The molecule has 92 valence electrons. The van der Waals surface area contributed by atoms with E-state index in [1.165, 1.54) is 12.1 Å². The summed E-state index contributed by atoms with van der Waals surface area (Å²) in [6.07, 6.45) is 1.60. The number of carbonyl (C=O) groups is 1. The van der Waals surface area contributed by atoms with E-state index in [0.29, 0.717) is 14.8 Å². The van der Waals surface area contributed by atoms with Crippen molar-refractivity contribution in [3.05, 3.63) is 44.3 Å². The molecule has 1 aromatic carbocycles. The van der Waals surface area contributed by atoms with Crippen LogP contribution >= 0.6 is 24.0 Å². The molecule has 1 saturated heterocycles. The fourth-order valence-electron chi connectivity index (χ4n) is 1.55. The largest absolute Gasteiger partial charge is 0.307 e. The summed E-state index contributed by atoms with van der Waals surface area (Å²) >= 11 is 6.02. The van der Waals surface area contributed by atoms with Crippen molar-refractivity contribution >= 4 is 46.0 Å². The first-order valence-corrected chi connectivity index (χ1v) is 6.19. The number of non-ortho nitro benzene ring substituents is 1. The molecule has 1 amide bonds. The van der Waals surface area contributed by atoms with Crippen LogP contribution in [-0.2, 0) is 4.79 Å². The summed E-state index contributed by atoms with van der Waals surface area (Å²) in [5.41, 5.74) is 1.39. The summed E-state index contributed by atoms with van der Waals surface area (Å²) < 4.78 is 0.397. The van der Waals surface area contributed by atoms with Gasteiger partial charge in [-0.2, -0.15) is 0 Å². The van der Waals surface area contributed by atoms with Gasteiger partial charge in [0, 0.05) is 12.1 Å². The maximum absolute atomic E-state index is 11.5. The van der Waals surface area contributed by atoms with Crippen LogP contribution in [0.2, 0.25) is 0 Å². The van der Waals surface area contributed by atoms with Crippen molar-refractivity contribution < 1.29 is 9.72 Å². The molecule has 0 bridgehead atoms. The number of hydrogen-bond acceptors (Lipinski definition) is 5. The zero-order valence-electron chi connectivity index (χ0n) is 9.30. The number of nitrogens with one attached hydrogen (secondary N) is 1. The minimum absolute atomic E-state index is 0.00725. The van der Waals surface area contributed by atoms with E-state index >= 15 is 0 Å². The molecule has 0 radical (unpaired) electrons. The lowest BCUT2D eigenvalue weighted by Crippen LogP contribution is -2.17. The van der Waals surface area contributed by atoms with Gasteiger partial charge in [-0.05, 0) is 24.1 Å². The van der Waals surface area contributed by atoms with Gasteiger partial charge in [0.1, 0.15) is 4.32 Å². The van der Waals surface area contributed by atoms with E-state index in [1.54, 1.807) is 19.1 Å². The predicted octanol–water partition coefficient (Wildman–Crippen LogP) is 2.39. The first-order chi connectivity index (χ1) is 8.45. The van der Waals surface area contributed by atoms with Gasteiger partial charge in [-0.1, -0.05) is 30.0 Å². The Labute approximate surface area is 112 Å². The molecular formula is C11H8N2O3S2. The number of aryl methyl sites for hydroxylation is 1. The molecule has 5 nitrogen and oxygen atoms in total. The lowest BCUT2D eigenvalue weighted by atomic mass is 10.1. The average molecular weight is 280 g/mol. The van der Waals surface area contributed by atoms with E-state index in [2.05, 4.69) is 5.32 Å². The predicted molar refractivity (Wildman–Crippen MR) is 74.1 cm³/mol. The molecule has 1 aliphatic heterocycles. The number of hydrogen-bond donors (Lipinski definition) is 1. The normalized spacial score (nSPS) is 17.1. The molecule has 0 atom stereocenters. The number of amides is 1. The molecule has 2 rings (SSSR count). The molecule has 0 saturated carbocycles. The van der Waals surface area contributed by atoms with E-state index in [0.717, 1.165) is 17.3 Å². The smallest absolute Gasteiger partial charge is 0.270 e. The topological polar surface area (TPSA) is 72.2 Å². The second-order valence-electron chi connectivity index (χ2n) is 3.71. The zero-order valence-corrected chi connectivity index (χ0v) is 10.9. The molecule has 1 aliphatic rings. The highest BCUT2D eigenvalue weighted by atomic mass is 32.2. The Morgan fingerprint density at radius 1 is 1.44 bits per heavy atom. The molecule has 7 heteroatoms. The third-order valence-electron chi connectivity index (χ3n) is 2.24. The van der Waals surface area contributed by atoms with Gasteiger partial charge in [0.05, 0.1) is 9.83 Å². The lowest BCUT2D eigenvalue weighted by Gasteiger charge is -1.99. The number of nitro benzene ring substituents is 1. The summed E-state index contributed by atoms with van der Waals surface area (Å²) in [7, 11) is 0. The van der Waals surface area contributed by atoms with E-state index in [-0.39, 0.29) is 11.6 Å². The maximum atomic E-state index is 11.5. The van der Waals surface area contributed by atoms with Crippen molar-refractivity contribution in [3.63, 3.8) is 0 Å². The Kier molecular flexibility index (Phi) is 3.44. The molecule has 1 aromatic rings. The van der Waals surface area contributed by atoms with Crippen molar-refractivity contribution in [2.75, 3.05) is 0 Å². The van der Waals surface area contributed by atoms with E-state index in [9.17, 15) is 14.9 Å².